The summed E-state index contributed by atoms with van der Waals surface area (Å²) in [5.74, 6) is 0.879. The molecule has 1 heterocycles. The normalized spacial score (nSPS) is 22.4. The van der Waals surface area contributed by atoms with Crippen LogP contribution in [-0.4, -0.2) is 36.3 Å². The second-order valence-corrected chi connectivity index (χ2v) is 5.79. The molecule has 1 saturated heterocycles. The van der Waals surface area contributed by atoms with Crippen molar-refractivity contribution in [2.24, 2.45) is 11.8 Å². The zero-order chi connectivity index (χ0) is 14.5. The first-order chi connectivity index (χ1) is 9.56. The van der Waals surface area contributed by atoms with Crippen LogP contribution in [0.25, 0.3) is 0 Å². The first kappa shape index (κ1) is 14.6. The maximum absolute atomic E-state index is 12.1. The van der Waals surface area contributed by atoms with Crippen molar-refractivity contribution < 1.29 is 9.59 Å². The first-order valence-electron chi connectivity index (χ1n) is 7.17. The third-order valence-corrected chi connectivity index (χ3v) is 3.66. The Balaban J connectivity index is 1.84. The van der Waals surface area contributed by atoms with Gasteiger partial charge in [-0.05, 0) is 30.4 Å². The number of carbonyl (C=O) groups excluding carboxylic acids is 2. The fourth-order valence-corrected chi connectivity index (χ4v) is 2.83. The van der Waals surface area contributed by atoms with E-state index in [-0.39, 0.29) is 18.4 Å². The summed E-state index contributed by atoms with van der Waals surface area (Å²) in [6.07, 6.45) is 1.17. The molecule has 4 heteroatoms. The van der Waals surface area contributed by atoms with Crippen LogP contribution in [0.1, 0.15) is 30.6 Å². The van der Waals surface area contributed by atoms with Crippen molar-refractivity contribution in [3.63, 3.8) is 0 Å². The molecule has 0 spiro atoms. The number of benzene rings is 1. The summed E-state index contributed by atoms with van der Waals surface area (Å²) in [5.41, 5.74) is 0.584. The molecule has 2 atom stereocenters. The molecular formula is C16H22N2O2. The molecule has 1 fully saturated rings. The molecule has 0 aromatic heterocycles. The lowest BCUT2D eigenvalue weighted by Gasteiger charge is -2.35. The molecule has 108 valence electrons. The number of amides is 2. The summed E-state index contributed by atoms with van der Waals surface area (Å²) < 4.78 is 0. The van der Waals surface area contributed by atoms with Crippen LogP contribution >= 0.6 is 0 Å². The van der Waals surface area contributed by atoms with Crippen LogP contribution in [0, 0.1) is 11.8 Å². The summed E-state index contributed by atoms with van der Waals surface area (Å²) in [6.45, 7) is 6.00. The van der Waals surface area contributed by atoms with Gasteiger partial charge in [0, 0.05) is 18.7 Å². The minimum atomic E-state index is -0.197. The lowest BCUT2D eigenvalue weighted by atomic mass is 9.92. The number of piperidine rings is 1. The molecule has 1 N–H and O–H groups in total. The van der Waals surface area contributed by atoms with Gasteiger partial charge in [0.2, 0.25) is 5.91 Å². The third-order valence-electron chi connectivity index (χ3n) is 3.66. The highest BCUT2D eigenvalue weighted by Gasteiger charge is 2.25. The van der Waals surface area contributed by atoms with Crippen LogP contribution in [-0.2, 0) is 4.79 Å². The Bertz CT molecular complexity index is 463. The van der Waals surface area contributed by atoms with E-state index < -0.39 is 0 Å². The summed E-state index contributed by atoms with van der Waals surface area (Å²) in [4.78, 5) is 25.9. The number of rotatable bonds is 3. The van der Waals surface area contributed by atoms with Gasteiger partial charge in [-0.2, -0.15) is 0 Å². The van der Waals surface area contributed by atoms with E-state index in [1.807, 2.05) is 23.1 Å². The molecule has 4 nitrogen and oxygen atoms in total. The Labute approximate surface area is 120 Å². The molecule has 2 unspecified atom stereocenters. The molecule has 0 saturated carbocycles. The van der Waals surface area contributed by atoms with Crippen molar-refractivity contribution in [1.29, 1.82) is 0 Å². The van der Waals surface area contributed by atoms with Crippen molar-refractivity contribution >= 4 is 11.8 Å². The molecule has 0 aliphatic carbocycles. The lowest BCUT2D eigenvalue weighted by Crippen LogP contribution is -2.46. The molecule has 1 aromatic carbocycles. The molecule has 1 aromatic rings. The number of carbonyl (C=O) groups is 2. The van der Waals surface area contributed by atoms with Crippen molar-refractivity contribution in [3.05, 3.63) is 35.9 Å². The molecule has 2 rings (SSSR count). The number of nitrogens with zero attached hydrogens (tertiary/aromatic N) is 1. The van der Waals surface area contributed by atoms with E-state index in [1.165, 1.54) is 6.42 Å². The molecule has 0 bridgehead atoms. The van der Waals surface area contributed by atoms with Gasteiger partial charge in [-0.3, -0.25) is 9.59 Å². The Hall–Kier alpha value is -1.84. The lowest BCUT2D eigenvalue weighted by molar-refractivity contribution is -0.132. The van der Waals surface area contributed by atoms with E-state index in [1.54, 1.807) is 12.1 Å². The highest BCUT2D eigenvalue weighted by Crippen LogP contribution is 2.20. The SMILES string of the molecule is CC1CC(C)CN(C(=O)CNC(=O)c2ccccc2)C1. The summed E-state index contributed by atoms with van der Waals surface area (Å²) >= 11 is 0. The third kappa shape index (κ3) is 3.83. The quantitative estimate of drug-likeness (QED) is 0.915. The van der Waals surface area contributed by atoms with Gasteiger partial charge < -0.3 is 10.2 Å². The summed E-state index contributed by atoms with van der Waals surface area (Å²) in [7, 11) is 0. The fourth-order valence-electron chi connectivity index (χ4n) is 2.83. The van der Waals surface area contributed by atoms with Crippen molar-refractivity contribution in [2.45, 2.75) is 20.3 Å². The van der Waals surface area contributed by atoms with E-state index in [9.17, 15) is 9.59 Å². The largest absolute Gasteiger partial charge is 0.343 e. The topological polar surface area (TPSA) is 49.4 Å². The summed E-state index contributed by atoms with van der Waals surface area (Å²) in [5, 5.41) is 2.70. The fraction of sp³-hybridized carbons (Fsp3) is 0.500. The molecule has 1 aliphatic heterocycles. The van der Waals surface area contributed by atoms with Crippen LogP contribution in [0.4, 0.5) is 0 Å². The first-order valence-corrected chi connectivity index (χ1v) is 7.17. The van der Waals surface area contributed by atoms with Crippen molar-refractivity contribution in [2.75, 3.05) is 19.6 Å². The molecule has 0 radical (unpaired) electrons. The molecule has 2 amide bonds. The zero-order valence-electron chi connectivity index (χ0n) is 12.1. The number of hydrogen-bond donors (Lipinski definition) is 1. The van der Waals surface area contributed by atoms with Gasteiger partial charge in [-0.15, -0.1) is 0 Å². The Morgan fingerprint density at radius 2 is 1.75 bits per heavy atom. The van der Waals surface area contributed by atoms with Crippen LogP contribution < -0.4 is 5.32 Å². The van der Waals surface area contributed by atoms with Gasteiger partial charge in [0.1, 0.15) is 0 Å². The summed E-state index contributed by atoms with van der Waals surface area (Å²) in [6, 6.07) is 8.96. The van der Waals surface area contributed by atoms with E-state index in [4.69, 9.17) is 0 Å². The zero-order valence-corrected chi connectivity index (χ0v) is 12.1. The molecular weight excluding hydrogens is 252 g/mol. The van der Waals surface area contributed by atoms with Crippen molar-refractivity contribution in [1.82, 2.24) is 10.2 Å². The van der Waals surface area contributed by atoms with Crippen molar-refractivity contribution in [3.8, 4) is 0 Å². The van der Waals surface area contributed by atoms with Crippen LogP contribution in [0.2, 0.25) is 0 Å². The van der Waals surface area contributed by atoms with Gasteiger partial charge in [-0.25, -0.2) is 0 Å². The van der Waals surface area contributed by atoms with Crippen LogP contribution in [0.3, 0.4) is 0 Å². The minimum absolute atomic E-state index is 0.00711. The highest BCUT2D eigenvalue weighted by atomic mass is 16.2. The Kier molecular flexibility index (Phi) is 4.77. The smallest absolute Gasteiger partial charge is 0.251 e. The predicted octanol–water partition coefficient (Wildman–Crippen LogP) is 1.92. The molecule has 20 heavy (non-hydrogen) atoms. The number of likely N-dealkylation sites (tertiary alicyclic amines) is 1. The van der Waals surface area contributed by atoms with Gasteiger partial charge >= 0.3 is 0 Å². The van der Waals surface area contributed by atoms with Crippen LogP contribution in [0.5, 0.6) is 0 Å². The van der Waals surface area contributed by atoms with Gasteiger partial charge in [-0.1, -0.05) is 32.0 Å². The molecule has 1 aliphatic rings. The van der Waals surface area contributed by atoms with Gasteiger partial charge in [0.25, 0.3) is 5.91 Å². The minimum Gasteiger partial charge on any atom is -0.343 e. The van der Waals surface area contributed by atoms with E-state index >= 15 is 0 Å². The van der Waals surface area contributed by atoms with Gasteiger partial charge in [0.15, 0.2) is 0 Å². The predicted molar refractivity (Wildman–Crippen MR) is 78.3 cm³/mol. The average Bonchev–Trinajstić information content (AvgIpc) is 2.44. The maximum Gasteiger partial charge on any atom is 0.251 e. The monoisotopic (exact) mass is 274 g/mol. The van der Waals surface area contributed by atoms with Gasteiger partial charge in [0.05, 0.1) is 6.54 Å². The second-order valence-electron chi connectivity index (χ2n) is 5.79. The number of hydrogen-bond acceptors (Lipinski definition) is 2. The van der Waals surface area contributed by atoms with E-state index in [0.717, 1.165) is 13.1 Å². The average molecular weight is 274 g/mol. The Morgan fingerprint density at radius 3 is 2.35 bits per heavy atom. The van der Waals surface area contributed by atoms with Crippen LogP contribution in [0.15, 0.2) is 30.3 Å². The standard InChI is InChI=1S/C16H22N2O2/c1-12-8-13(2)11-18(10-12)15(19)9-17-16(20)14-6-4-3-5-7-14/h3-7,12-13H,8-11H2,1-2H3,(H,17,20). The second kappa shape index (κ2) is 6.55. The maximum atomic E-state index is 12.1. The Morgan fingerprint density at radius 1 is 1.15 bits per heavy atom. The van der Waals surface area contributed by atoms with E-state index in [0.29, 0.717) is 17.4 Å². The number of nitrogens with one attached hydrogen (secondary N) is 1. The highest BCUT2D eigenvalue weighted by molar-refractivity contribution is 5.96. The van der Waals surface area contributed by atoms with E-state index in [2.05, 4.69) is 19.2 Å².